The molecule has 12 heavy (non-hydrogen) atoms. The zero-order chi connectivity index (χ0) is 6.97. The lowest BCUT2D eigenvalue weighted by Crippen LogP contribution is -2.52. The van der Waals surface area contributed by atoms with E-state index < -0.39 is 0 Å². The maximum atomic E-state index is 3.62. The molecular weight excluding hydrogens is 195 g/mol. The normalized spacial score (nSPS) is 24.8. The summed E-state index contributed by atoms with van der Waals surface area (Å²) in [5.74, 6) is 0.903. The molecule has 0 radical (unpaired) electrons. The first-order valence-electron chi connectivity index (χ1n) is 4.33. The fourth-order valence-corrected chi connectivity index (χ4v) is 1.42. The highest BCUT2D eigenvalue weighted by Gasteiger charge is 2.29. The quantitative estimate of drug-likeness (QED) is 0.735. The lowest BCUT2D eigenvalue weighted by Gasteiger charge is -2.33. The van der Waals surface area contributed by atoms with Crippen molar-refractivity contribution in [3.05, 3.63) is 0 Å². The average Bonchev–Trinajstić information content (AvgIpc) is 2.43. The van der Waals surface area contributed by atoms with E-state index in [9.17, 15) is 0 Å². The molecule has 0 amide bonds. The Balaban J connectivity index is 0.000000605. The number of nitrogens with one attached hydrogen (secondary N) is 2. The summed E-state index contributed by atoms with van der Waals surface area (Å²) in [5, 5.41) is 6.91. The van der Waals surface area contributed by atoms with Crippen molar-refractivity contribution in [2.24, 2.45) is 5.92 Å². The molecule has 2 aliphatic rings. The molecule has 2 nitrogen and oxygen atoms in total. The molecule has 1 atom stereocenters. The van der Waals surface area contributed by atoms with Gasteiger partial charge >= 0.3 is 0 Å². The molecule has 74 valence electrons. The summed E-state index contributed by atoms with van der Waals surface area (Å²) in [6.07, 6.45) is 2.81. The first kappa shape index (κ1) is 12.5. The smallest absolute Gasteiger partial charge is 0.00938 e. The Morgan fingerprint density at radius 1 is 1.25 bits per heavy atom. The van der Waals surface area contributed by atoms with Crippen molar-refractivity contribution in [1.82, 2.24) is 10.6 Å². The van der Waals surface area contributed by atoms with Gasteiger partial charge in [-0.1, -0.05) is 0 Å². The Kier molecular flexibility index (Phi) is 5.50. The van der Waals surface area contributed by atoms with Gasteiger partial charge in [0.15, 0.2) is 0 Å². The Morgan fingerprint density at radius 3 is 2.17 bits per heavy atom. The van der Waals surface area contributed by atoms with Crippen LogP contribution < -0.4 is 10.6 Å². The summed E-state index contributed by atoms with van der Waals surface area (Å²) in [7, 11) is 0. The molecule has 1 saturated heterocycles. The van der Waals surface area contributed by atoms with Gasteiger partial charge in [-0.15, -0.1) is 24.8 Å². The van der Waals surface area contributed by atoms with Crippen molar-refractivity contribution >= 4 is 24.8 Å². The van der Waals surface area contributed by atoms with Gasteiger partial charge in [0.2, 0.25) is 0 Å². The van der Waals surface area contributed by atoms with Gasteiger partial charge in [-0.25, -0.2) is 0 Å². The van der Waals surface area contributed by atoms with E-state index in [1.165, 1.54) is 25.9 Å². The molecule has 0 spiro atoms. The Bertz CT molecular complexity index is 124. The van der Waals surface area contributed by atoms with Gasteiger partial charge in [0.25, 0.3) is 0 Å². The molecular formula is C8H18Cl2N2. The molecule has 1 aliphatic heterocycles. The van der Waals surface area contributed by atoms with Crippen LogP contribution in [0.1, 0.15) is 19.8 Å². The Hall–Kier alpha value is 0.500. The molecule has 0 bridgehead atoms. The fourth-order valence-electron chi connectivity index (χ4n) is 1.42. The van der Waals surface area contributed by atoms with Crippen molar-refractivity contribution in [2.75, 3.05) is 13.1 Å². The number of rotatable bonds is 3. The molecule has 2 N–H and O–H groups in total. The molecule has 1 unspecified atom stereocenters. The highest BCUT2D eigenvalue weighted by molar-refractivity contribution is 5.85. The molecule has 2 rings (SSSR count). The van der Waals surface area contributed by atoms with E-state index in [1.807, 2.05) is 0 Å². The minimum absolute atomic E-state index is 0. The van der Waals surface area contributed by atoms with Crippen LogP contribution in [0.25, 0.3) is 0 Å². The van der Waals surface area contributed by atoms with E-state index >= 15 is 0 Å². The zero-order valence-electron chi connectivity index (χ0n) is 7.38. The minimum atomic E-state index is 0. The molecule has 1 heterocycles. The van der Waals surface area contributed by atoms with Crippen LogP contribution in [-0.2, 0) is 0 Å². The standard InChI is InChI=1S/C8H16N2.2ClH/c1-6(7-4-9-5-7)10-8-2-3-8;;/h6-10H,2-5H2,1H3;2*1H. The zero-order valence-corrected chi connectivity index (χ0v) is 9.01. The molecule has 0 aromatic carbocycles. The highest BCUT2D eigenvalue weighted by Crippen LogP contribution is 2.21. The van der Waals surface area contributed by atoms with Gasteiger partial charge in [0.1, 0.15) is 0 Å². The van der Waals surface area contributed by atoms with Crippen molar-refractivity contribution in [1.29, 1.82) is 0 Å². The van der Waals surface area contributed by atoms with Crippen LogP contribution in [0.15, 0.2) is 0 Å². The molecule has 0 aromatic rings. The minimum Gasteiger partial charge on any atom is -0.316 e. The van der Waals surface area contributed by atoms with E-state index in [4.69, 9.17) is 0 Å². The summed E-state index contributed by atoms with van der Waals surface area (Å²) < 4.78 is 0. The topological polar surface area (TPSA) is 24.1 Å². The van der Waals surface area contributed by atoms with E-state index in [0.29, 0.717) is 0 Å². The second-order valence-corrected chi connectivity index (χ2v) is 3.65. The Morgan fingerprint density at radius 2 is 1.83 bits per heavy atom. The average molecular weight is 213 g/mol. The monoisotopic (exact) mass is 212 g/mol. The third-order valence-corrected chi connectivity index (χ3v) is 2.60. The van der Waals surface area contributed by atoms with Crippen molar-refractivity contribution in [3.8, 4) is 0 Å². The van der Waals surface area contributed by atoms with Gasteiger partial charge < -0.3 is 10.6 Å². The fraction of sp³-hybridized carbons (Fsp3) is 1.00. The predicted octanol–water partition coefficient (Wildman–Crippen LogP) is 1.19. The summed E-state index contributed by atoms with van der Waals surface area (Å²) in [4.78, 5) is 0. The maximum Gasteiger partial charge on any atom is 0.00938 e. The van der Waals surface area contributed by atoms with Gasteiger partial charge in [-0.05, 0) is 25.7 Å². The lowest BCUT2D eigenvalue weighted by molar-refractivity contribution is 0.267. The van der Waals surface area contributed by atoms with E-state index in [1.54, 1.807) is 0 Å². The van der Waals surface area contributed by atoms with Crippen LogP contribution in [-0.4, -0.2) is 25.2 Å². The summed E-state index contributed by atoms with van der Waals surface area (Å²) >= 11 is 0. The van der Waals surface area contributed by atoms with Gasteiger partial charge in [0, 0.05) is 25.2 Å². The van der Waals surface area contributed by atoms with Crippen molar-refractivity contribution in [2.45, 2.75) is 31.8 Å². The van der Waals surface area contributed by atoms with Crippen LogP contribution in [0, 0.1) is 5.92 Å². The van der Waals surface area contributed by atoms with Gasteiger partial charge in [-0.2, -0.15) is 0 Å². The molecule has 2 fully saturated rings. The molecule has 1 aliphatic carbocycles. The van der Waals surface area contributed by atoms with Gasteiger partial charge in [0.05, 0.1) is 0 Å². The second kappa shape index (κ2) is 5.28. The van der Waals surface area contributed by atoms with Gasteiger partial charge in [-0.3, -0.25) is 0 Å². The Labute approximate surface area is 86.7 Å². The molecule has 1 saturated carbocycles. The van der Waals surface area contributed by atoms with Crippen LogP contribution >= 0.6 is 24.8 Å². The number of hydrogen-bond acceptors (Lipinski definition) is 2. The van der Waals surface area contributed by atoms with E-state index in [-0.39, 0.29) is 24.8 Å². The second-order valence-electron chi connectivity index (χ2n) is 3.65. The van der Waals surface area contributed by atoms with Crippen molar-refractivity contribution in [3.63, 3.8) is 0 Å². The van der Waals surface area contributed by atoms with E-state index in [0.717, 1.165) is 18.0 Å². The van der Waals surface area contributed by atoms with E-state index in [2.05, 4.69) is 17.6 Å². The van der Waals surface area contributed by atoms with Crippen molar-refractivity contribution < 1.29 is 0 Å². The summed E-state index contributed by atoms with van der Waals surface area (Å²) in [6, 6.07) is 1.62. The first-order chi connectivity index (χ1) is 4.86. The number of halogens is 2. The highest BCUT2D eigenvalue weighted by atomic mass is 35.5. The first-order valence-corrected chi connectivity index (χ1v) is 4.33. The summed E-state index contributed by atoms with van der Waals surface area (Å²) in [6.45, 7) is 4.76. The predicted molar refractivity (Wildman–Crippen MR) is 56.5 cm³/mol. The molecule has 0 aromatic heterocycles. The van der Waals surface area contributed by atoms with Crippen LogP contribution in [0.2, 0.25) is 0 Å². The summed E-state index contributed by atoms with van der Waals surface area (Å²) in [5.41, 5.74) is 0. The lowest BCUT2D eigenvalue weighted by atomic mass is 9.95. The largest absolute Gasteiger partial charge is 0.316 e. The SMILES string of the molecule is CC(NC1CC1)C1CNC1.Cl.Cl. The third-order valence-electron chi connectivity index (χ3n) is 2.60. The molecule has 4 heteroatoms. The van der Waals surface area contributed by atoms with Crippen LogP contribution in [0.5, 0.6) is 0 Å². The number of hydrogen-bond donors (Lipinski definition) is 2. The van der Waals surface area contributed by atoms with Crippen LogP contribution in [0.4, 0.5) is 0 Å². The maximum absolute atomic E-state index is 3.62. The van der Waals surface area contributed by atoms with Crippen LogP contribution in [0.3, 0.4) is 0 Å². The third kappa shape index (κ3) is 3.09.